The minimum Gasteiger partial charge on any atom is -0.376 e. The van der Waals surface area contributed by atoms with Gasteiger partial charge in [-0.2, -0.15) is 5.26 Å². The maximum absolute atomic E-state index is 11.9. The van der Waals surface area contributed by atoms with E-state index < -0.39 is 0 Å². The van der Waals surface area contributed by atoms with Gasteiger partial charge in [-0.25, -0.2) is 0 Å². The van der Waals surface area contributed by atoms with Crippen LogP contribution in [0.2, 0.25) is 5.02 Å². The summed E-state index contributed by atoms with van der Waals surface area (Å²) in [6, 6.07) is 15.5. The molecule has 0 saturated carbocycles. The predicted octanol–water partition coefficient (Wildman–Crippen LogP) is 4.11. The summed E-state index contributed by atoms with van der Waals surface area (Å²) in [6.45, 7) is 5.09. The van der Waals surface area contributed by atoms with E-state index >= 15 is 0 Å². The highest BCUT2D eigenvalue weighted by atomic mass is 35.5. The van der Waals surface area contributed by atoms with E-state index in [1.807, 2.05) is 6.07 Å². The lowest BCUT2D eigenvalue weighted by molar-refractivity contribution is -0.119. The van der Waals surface area contributed by atoms with Crippen molar-refractivity contribution in [3.63, 3.8) is 0 Å². The lowest BCUT2D eigenvalue weighted by Crippen LogP contribution is -2.31. The largest absolute Gasteiger partial charge is 0.376 e. The Kier molecular flexibility index (Phi) is 6.85. The maximum Gasteiger partial charge on any atom is 0.239 e. The second kappa shape index (κ2) is 9.10. The molecule has 0 saturated heterocycles. The van der Waals surface area contributed by atoms with E-state index in [1.165, 1.54) is 11.1 Å². The van der Waals surface area contributed by atoms with Gasteiger partial charge < -0.3 is 10.6 Å². The van der Waals surface area contributed by atoms with Crippen molar-refractivity contribution < 1.29 is 4.79 Å². The first kappa shape index (κ1) is 18.8. The van der Waals surface area contributed by atoms with Crippen LogP contribution in [-0.2, 0) is 11.2 Å². The number of hydrogen-bond donors (Lipinski definition) is 2. The predicted molar refractivity (Wildman–Crippen MR) is 102 cm³/mol. The summed E-state index contributed by atoms with van der Waals surface area (Å²) in [5, 5.41) is 15.1. The van der Waals surface area contributed by atoms with E-state index in [9.17, 15) is 4.79 Å². The fourth-order valence-electron chi connectivity index (χ4n) is 2.38. The number of hydrogen-bond acceptors (Lipinski definition) is 3. The molecular weight excluding hydrogens is 334 g/mol. The summed E-state index contributed by atoms with van der Waals surface area (Å²) in [7, 11) is 0. The molecule has 0 unspecified atom stereocenters. The van der Waals surface area contributed by atoms with Crippen molar-refractivity contribution in [3.8, 4) is 6.07 Å². The van der Waals surface area contributed by atoms with Crippen molar-refractivity contribution in [2.24, 2.45) is 0 Å². The minimum atomic E-state index is -0.0840. The van der Waals surface area contributed by atoms with E-state index in [2.05, 4.69) is 48.7 Å². The minimum absolute atomic E-state index is 0.0840. The summed E-state index contributed by atoms with van der Waals surface area (Å²) in [5.74, 6) is 0.440. The number of carbonyl (C=O) groups is 1. The van der Waals surface area contributed by atoms with Crippen LogP contribution in [-0.4, -0.2) is 19.0 Å². The molecule has 0 aromatic heterocycles. The van der Waals surface area contributed by atoms with Gasteiger partial charge in [0.15, 0.2) is 0 Å². The molecule has 2 aromatic rings. The zero-order chi connectivity index (χ0) is 18.2. The number of anilines is 1. The number of rotatable bonds is 7. The second-order valence-corrected chi connectivity index (χ2v) is 6.56. The van der Waals surface area contributed by atoms with Crippen molar-refractivity contribution in [1.82, 2.24) is 5.32 Å². The molecule has 2 rings (SSSR count). The van der Waals surface area contributed by atoms with E-state index in [0.717, 1.165) is 6.42 Å². The molecule has 4 nitrogen and oxygen atoms in total. The summed E-state index contributed by atoms with van der Waals surface area (Å²) in [6.07, 6.45) is 0.798. The molecular formula is C20H22ClN3O. The van der Waals surface area contributed by atoms with Crippen LogP contribution in [0.5, 0.6) is 0 Å². The molecule has 0 bridgehead atoms. The van der Waals surface area contributed by atoms with Crippen LogP contribution in [0.15, 0.2) is 42.5 Å². The maximum atomic E-state index is 11.9. The van der Waals surface area contributed by atoms with Crippen molar-refractivity contribution in [2.75, 3.05) is 18.4 Å². The van der Waals surface area contributed by atoms with Gasteiger partial charge in [0, 0.05) is 12.2 Å². The Morgan fingerprint density at radius 3 is 2.52 bits per heavy atom. The van der Waals surface area contributed by atoms with Gasteiger partial charge in [-0.05, 0) is 41.7 Å². The first-order chi connectivity index (χ1) is 12.0. The van der Waals surface area contributed by atoms with Crippen molar-refractivity contribution in [2.45, 2.75) is 26.2 Å². The van der Waals surface area contributed by atoms with Crippen LogP contribution in [0.25, 0.3) is 0 Å². The highest BCUT2D eigenvalue weighted by molar-refractivity contribution is 6.32. The average molecular weight is 356 g/mol. The zero-order valence-corrected chi connectivity index (χ0v) is 15.2. The van der Waals surface area contributed by atoms with E-state index in [0.29, 0.717) is 28.7 Å². The Morgan fingerprint density at radius 1 is 1.20 bits per heavy atom. The average Bonchev–Trinajstić information content (AvgIpc) is 2.60. The van der Waals surface area contributed by atoms with Crippen LogP contribution in [0.1, 0.15) is 36.5 Å². The van der Waals surface area contributed by atoms with E-state index in [1.54, 1.807) is 18.2 Å². The molecule has 1 amide bonds. The third-order valence-electron chi connectivity index (χ3n) is 3.92. The smallest absolute Gasteiger partial charge is 0.239 e. The molecule has 0 atom stereocenters. The Morgan fingerprint density at radius 2 is 1.92 bits per heavy atom. The number of nitrogens with one attached hydrogen (secondary N) is 2. The second-order valence-electron chi connectivity index (χ2n) is 6.16. The number of amides is 1. The molecule has 5 heteroatoms. The lowest BCUT2D eigenvalue weighted by Gasteiger charge is -2.09. The fourth-order valence-corrected chi connectivity index (χ4v) is 2.60. The molecule has 0 aliphatic rings. The number of carbonyl (C=O) groups excluding carboxylic acids is 1. The van der Waals surface area contributed by atoms with E-state index in [4.69, 9.17) is 16.9 Å². The Bertz CT molecular complexity index is 764. The quantitative estimate of drug-likeness (QED) is 0.785. The molecule has 0 aliphatic heterocycles. The highest BCUT2D eigenvalue weighted by Crippen LogP contribution is 2.20. The van der Waals surface area contributed by atoms with Crippen LogP contribution in [0, 0.1) is 11.3 Å². The Balaban J connectivity index is 1.74. The van der Waals surface area contributed by atoms with Crippen molar-refractivity contribution in [1.29, 1.82) is 5.26 Å². The lowest BCUT2D eigenvalue weighted by atomic mass is 10.0. The number of benzene rings is 2. The van der Waals surface area contributed by atoms with Crippen molar-refractivity contribution >= 4 is 23.2 Å². The standard InChI is InChI=1S/C20H22ClN3O/c1-14(2)16-5-3-15(4-6-16)9-10-23-20(25)13-24-18-8-7-17(12-22)19(21)11-18/h3-8,11,14,24H,9-10,13H2,1-2H3,(H,23,25). The molecule has 0 spiro atoms. The first-order valence-electron chi connectivity index (χ1n) is 8.28. The summed E-state index contributed by atoms with van der Waals surface area (Å²) < 4.78 is 0. The van der Waals surface area contributed by atoms with Gasteiger partial charge in [-0.3, -0.25) is 4.79 Å². The third-order valence-corrected chi connectivity index (χ3v) is 4.24. The highest BCUT2D eigenvalue weighted by Gasteiger charge is 2.04. The Labute approximate surface area is 153 Å². The molecule has 25 heavy (non-hydrogen) atoms. The zero-order valence-electron chi connectivity index (χ0n) is 14.5. The van der Waals surface area contributed by atoms with Crippen LogP contribution in [0.4, 0.5) is 5.69 Å². The van der Waals surface area contributed by atoms with Crippen LogP contribution in [0.3, 0.4) is 0 Å². The topological polar surface area (TPSA) is 64.9 Å². The van der Waals surface area contributed by atoms with E-state index in [-0.39, 0.29) is 12.5 Å². The van der Waals surface area contributed by atoms with Gasteiger partial charge in [0.1, 0.15) is 6.07 Å². The molecule has 0 aliphatic carbocycles. The van der Waals surface area contributed by atoms with Gasteiger partial charge in [0.25, 0.3) is 0 Å². The van der Waals surface area contributed by atoms with Gasteiger partial charge in [0.2, 0.25) is 5.91 Å². The summed E-state index contributed by atoms with van der Waals surface area (Å²) in [4.78, 5) is 11.9. The molecule has 0 heterocycles. The van der Waals surface area contributed by atoms with Gasteiger partial charge in [-0.15, -0.1) is 0 Å². The number of nitrogens with zero attached hydrogens (tertiary/aromatic N) is 1. The first-order valence-corrected chi connectivity index (χ1v) is 8.66. The van der Waals surface area contributed by atoms with Crippen LogP contribution < -0.4 is 10.6 Å². The molecule has 0 radical (unpaired) electrons. The third kappa shape index (κ3) is 5.81. The molecule has 2 N–H and O–H groups in total. The van der Waals surface area contributed by atoms with Crippen LogP contribution >= 0.6 is 11.6 Å². The summed E-state index contributed by atoms with van der Waals surface area (Å²) >= 11 is 5.96. The molecule has 130 valence electrons. The van der Waals surface area contributed by atoms with Gasteiger partial charge >= 0.3 is 0 Å². The number of nitriles is 1. The molecule has 0 fully saturated rings. The van der Waals surface area contributed by atoms with Crippen molar-refractivity contribution in [3.05, 3.63) is 64.2 Å². The SMILES string of the molecule is CC(C)c1ccc(CCNC(=O)CNc2ccc(C#N)c(Cl)c2)cc1. The van der Waals surface area contributed by atoms with Gasteiger partial charge in [-0.1, -0.05) is 49.7 Å². The Hall–Kier alpha value is -2.51. The summed E-state index contributed by atoms with van der Waals surface area (Å²) in [5.41, 5.74) is 3.65. The monoisotopic (exact) mass is 355 g/mol. The molecule has 2 aromatic carbocycles. The van der Waals surface area contributed by atoms with Gasteiger partial charge in [0.05, 0.1) is 17.1 Å². The number of halogens is 1. The normalized spacial score (nSPS) is 10.4. The fraction of sp³-hybridized carbons (Fsp3) is 0.300.